The molecular formula is C17H16ClIN2O3. The Labute approximate surface area is 158 Å². The van der Waals surface area contributed by atoms with Crippen molar-refractivity contribution < 1.29 is 14.3 Å². The molecule has 0 aliphatic rings. The molecule has 24 heavy (non-hydrogen) atoms. The van der Waals surface area contributed by atoms with Gasteiger partial charge in [-0.25, -0.2) is 0 Å². The average Bonchev–Trinajstić information content (AvgIpc) is 2.54. The summed E-state index contributed by atoms with van der Waals surface area (Å²) in [6.07, 6.45) is 0. The summed E-state index contributed by atoms with van der Waals surface area (Å²) in [5.74, 6) is -0.280. The first kappa shape index (κ1) is 18.5. The molecule has 0 unspecified atom stereocenters. The summed E-state index contributed by atoms with van der Waals surface area (Å²) in [4.78, 5) is 23.8. The van der Waals surface area contributed by atoms with Gasteiger partial charge in [-0.05, 0) is 77.9 Å². The number of hydrogen-bond acceptors (Lipinski definition) is 3. The largest absolute Gasteiger partial charge is 0.483 e. The molecule has 2 aromatic rings. The highest BCUT2D eigenvalue weighted by Gasteiger charge is 2.10. The van der Waals surface area contributed by atoms with E-state index in [0.29, 0.717) is 16.3 Å². The molecule has 0 radical (unpaired) electrons. The van der Waals surface area contributed by atoms with Crippen LogP contribution in [0.5, 0.6) is 5.75 Å². The normalized spacial score (nSPS) is 10.2. The van der Waals surface area contributed by atoms with Crippen molar-refractivity contribution in [2.75, 3.05) is 6.61 Å². The molecule has 2 rings (SSSR count). The topological polar surface area (TPSA) is 67.4 Å². The number of aryl methyl sites for hydroxylation is 2. The molecule has 0 aromatic heterocycles. The van der Waals surface area contributed by atoms with Crippen molar-refractivity contribution in [3.63, 3.8) is 0 Å². The number of carbonyl (C=O) groups is 2. The van der Waals surface area contributed by atoms with Gasteiger partial charge in [-0.3, -0.25) is 20.4 Å². The van der Waals surface area contributed by atoms with Gasteiger partial charge in [0.2, 0.25) is 0 Å². The molecule has 0 fully saturated rings. The summed E-state index contributed by atoms with van der Waals surface area (Å²) in [6.45, 7) is 3.58. The molecule has 2 N–H and O–H groups in total. The van der Waals surface area contributed by atoms with Crippen molar-refractivity contribution in [3.8, 4) is 5.75 Å². The van der Waals surface area contributed by atoms with E-state index in [9.17, 15) is 9.59 Å². The first-order chi connectivity index (χ1) is 11.4. The smallest absolute Gasteiger partial charge is 0.276 e. The van der Waals surface area contributed by atoms with Crippen LogP contribution in [0.4, 0.5) is 0 Å². The molecule has 0 spiro atoms. The van der Waals surface area contributed by atoms with E-state index in [-0.39, 0.29) is 12.5 Å². The van der Waals surface area contributed by atoms with E-state index in [1.165, 1.54) is 0 Å². The van der Waals surface area contributed by atoms with Crippen molar-refractivity contribution in [3.05, 3.63) is 61.7 Å². The molecule has 0 saturated heterocycles. The maximum Gasteiger partial charge on any atom is 0.276 e. The quantitative estimate of drug-likeness (QED) is 0.545. The van der Waals surface area contributed by atoms with E-state index in [1.807, 2.05) is 19.9 Å². The van der Waals surface area contributed by atoms with E-state index in [1.54, 1.807) is 30.3 Å². The first-order valence-electron chi connectivity index (χ1n) is 7.11. The predicted octanol–water partition coefficient (Wildman–Crippen LogP) is 3.40. The fraction of sp³-hybridized carbons (Fsp3) is 0.176. The maximum absolute atomic E-state index is 12.0. The molecule has 0 atom stereocenters. The van der Waals surface area contributed by atoms with Gasteiger partial charge < -0.3 is 4.74 Å². The summed E-state index contributed by atoms with van der Waals surface area (Å²) >= 11 is 8.01. The molecule has 5 nitrogen and oxygen atoms in total. The lowest BCUT2D eigenvalue weighted by Crippen LogP contribution is -2.43. The van der Waals surface area contributed by atoms with Gasteiger partial charge in [0.15, 0.2) is 6.61 Å². The molecule has 0 aliphatic carbocycles. The molecular weight excluding hydrogens is 443 g/mol. The zero-order valence-corrected chi connectivity index (χ0v) is 16.1. The van der Waals surface area contributed by atoms with Crippen molar-refractivity contribution in [1.29, 1.82) is 0 Å². The Hall–Kier alpha value is -1.80. The third-order valence-corrected chi connectivity index (χ3v) is 4.64. The summed E-state index contributed by atoms with van der Waals surface area (Å²) in [6, 6.07) is 10.4. The SMILES string of the molecule is Cc1ccc(C(=O)NNC(=O)COc2ccc(Cl)cc2C)cc1I. The minimum Gasteiger partial charge on any atom is -0.483 e. The molecule has 2 aromatic carbocycles. The third kappa shape index (κ3) is 5.10. The summed E-state index contributed by atoms with van der Waals surface area (Å²) < 4.78 is 6.38. The lowest BCUT2D eigenvalue weighted by Gasteiger charge is -2.11. The van der Waals surface area contributed by atoms with Gasteiger partial charge in [0.05, 0.1) is 0 Å². The molecule has 126 valence electrons. The van der Waals surface area contributed by atoms with Crippen molar-refractivity contribution >= 4 is 46.0 Å². The molecule has 0 bridgehead atoms. The van der Waals surface area contributed by atoms with Crippen LogP contribution in [-0.4, -0.2) is 18.4 Å². The Kier molecular flexibility index (Phi) is 6.44. The van der Waals surface area contributed by atoms with Crippen molar-refractivity contribution in [2.45, 2.75) is 13.8 Å². The fourth-order valence-corrected chi connectivity index (χ4v) is 2.63. The van der Waals surface area contributed by atoms with E-state index in [2.05, 4.69) is 33.4 Å². The van der Waals surface area contributed by atoms with Crippen LogP contribution in [0.3, 0.4) is 0 Å². The van der Waals surface area contributed by atoms with Crippen molar-refractivity contribution in [1.82, 2.24) is 10.9 Å². The van der Waals surface area contributed by atoms with Crippen LogP contribution in [0.25, 0.3) is 0 Å². The van der Waals surface area contributed by atoms with Crippen LogP contribution >= 0.6 is 34.2 Å². The van der Waals surface area contributed by atoms with Gasteiger partial charge in [-0.2, -0.15) is 0 Å². The van der Waals surface area contributed by atoms with Gasteiger partial charge in [0, 0.05) is 14.2 Å². The lowest BCUT2D eigenvalue weighted by molar-refractivity contribution is -0.123. The van der Waals surface area contributed by atoms with Crippen LogP contribution in [0.1, 0.15) is 21.5 Å². The number of hydrogen-bond donors (Lipinski definition) is 2. The average molecular weight is 459 g/mol. The molecule has 0 heterocycles. The van der Waals surface area contributed by atoms with E-state index in [0.717, 1.165) is 14.7 Å². The monoisotopic (exact) mass is 458 g/mol. The van der Waals surface area contributed by atoms with Crippen molar-refractivity contribution in [2.24, 2.45) is 0 Å². The molecule has 0 aliphatic heterocycles. The highest BCUT2D eigenvalue weighted by Crippen LogP contribution is 2.21. The second-order valence-electron chi connectivity index (χ2n) is 5.16. The molecule has 2 amide bonds. The van der Waals surface area contributed by atoms with Gasteiger partial charge in [-0.1, -0.05) is 17.7 Å². The number of ether oxygens (including phenoxy) is 1. The number of hydrazine groups is 1. The minimum atomic E-state index is -0.459. The van der Waals surface area contributed by atoms with Crippen LogP contribution in [0, 0.1) is 17.4 Å². The summed E-state index contributed by atoms with van der Waals surface area (Å²) in [7, 11) is 0. The van der Waals surface area contributed by atoms with Gasteiger partial charge >= 0.3 is 0 Å². The van der Waals surface area contributed by atoms with E-state index in [4.69, 9.17) is 16.3 Å². The van der Waals surface area contributed by atoms with Crippen LogP contribution in [0.15, 0.2) is 36.4 Å². The predicted molar refractivity (Wildman–Crippen MR) is 101 cm³/mol. The summed E-state index contributed by atoms with van der Waals surface area (Å²) in [5, 5.41) is 0.601. The van der Waals surface area contributed by atoms with Gasteiger partial charge in [0.1, 0.15) is 5.75 Å². The fourth-order valence-electron chi connectivity index (χ4n) is 1.89. The zero-order chi connectivity index (χ0) is 17.7. The second-order valence-corrected chi connectivity index (χ2v) is 6.76. The first-order valence-corrected chi connectivity index (χ1v) is 8.57. The Morgan fingerprint density at radius 3 is 2.50 bits per heavy atom. The Bertz CT molecular complexity index is 780. The van der Waals surface area contributed by atoms with Gasteiger partial charge in [0.25, 0.3) is 11.8 Å². The second kappa shape index (κ2) is 8.34. The van der Waals surface area contributed by atoms with Crippen LogP contribution < -0.4 is 15.6 Å². The minimum absolute atomic E-state index is 0.214. The maximum atomic E-state index is 12.0. The van der Waals surface area contributed by atoms with E-state index >= 15 is 0 Å². The number of nitrogens with one attached hydrogen (secondary N) is 2. The van der Waals surface area contributed by atoms with Crippen LogP contribution in [0.2, 0.25) is 5.02 Å². The number of amides is 2. The number of rotatable bonds is 4. The van der Waals surface area contributed by atoms with Crippen LogP contribution in [-0.2, 0) is 4.79 Å². The Morgan fingerprint density at radius 2 is 1.83 bits per heavy atom. The highest BCUT2D eigenvalue weighted by molar-refractivity contribution is 14.1. The number of carbonyl (C=O) groups excluding carboxylic acids is 2. The van der Waals surface area contributed by atoms with Gasteiger partial charge in [-0.15, -0.1) is 0 Å². The molecule has 0 saturated carbocycles. The zero-order valence-electron chi connectivity index (χ0n) is 13.2. The number of halogens is 2. The highest BCUT2D eigenvalue weighted by atomic mass is 127. The Morgan fingerprint density at radius 1 is 1.08 bits per heavy atom. The number of benzene rings is 2. The third-order valence-electron chi connectivity index (χ3n) is 3.25. The Balaban J connectivity index is 1.84. The van der Waals surface area contributed by atoms with E-state index < -0.39 is 5.91 Å². The summed E-state index contributed by atoms with van der Waals surface area (Å²) in [5.41, 5.74) is 7.07. The standard InChI is InChI=1S/C17H16ClIN2O3/c1-10-3-4-12(8-14(10)19)17(23)21-20-16(22)9-24-15-6-5-13(18)7-11(15)2/h3-8H,9H2,1-2H3,(H,20,22)(H,21,23). The molecule has 7 heteroatoms. The lowest BCUT2D eigenvalue weighted by atomic mass is 10.1.